The molecule has 0 radical (unpaired) electrons. The molecule has 1 aromatic heterocycles. The van der Waals surface area contributed by atoms with E-state index >= 15 is 0 Å². The minimum absolute atomic E-state index is 0.0790. The molecule has 0 saturated heterocycles. The third-order valence-corrected chi connectivity index (χ3v) is 2.82. The molecular weight excluding hydrogens is 310 g/mol. The highest BCUT2D eigenvalue weighted by molar-refractivity contribution is 9.10. The predicted molar refractivity (Wildman–Crippen MR) is 75.9 cm³/mol. The van der Waals surface area contributed by atoms with Crippen molar-refractivity contribution in [2.24, 2.45) is 0 Å². The number of anilines is 1. The van der Waals surface area contributed by atoms with Gasteiger partial charge in [-0.25, -0.2) is 0 Å². The van der Waals surface area contributed by atoms with Gasteiger partial charge in [0.25, 0.3) is 5.91 Å². The number of nitrogens with one attached hydrogen (secondary N) is 3. The molecule has 2 aromatic rings. The molecule has 1 aromatic carbocycles. The van der Waals surface area contributed by atoms with E-state index < -0.39 is 0 Å². The minimum atomic E-state index is -0.325. The van der Waals surface area contributed by atoms with Crippen LogP contribution in [-0.2, 0) is 4.79 Å². The summed E-state index contributed by atoms with van der Waals surface area (Å²) >= 11 is 3.23. The van der Waals surface area contributed by atoms with Gasteiger partial charge in [0.2, 0.25) is 5.91 Å². The number of hydrogen-bond acceptors (Lipinski definition) is 2. The molecule has 0 spiro atoms. The molecule has 0 aliphatic heterocycles. The monoisotopic (exact) mass is 321 g/mol. The van der Waals surface area contributed by atoms with Gasteiger partial charge in [-0.3, -0.25) is 9.59 Å². The smallest absolute Gasteiger partial charge is 0.268 e. The van der Waals surface area contributed by atoms with Crippen molar-refractivity contribution < 1.29 is 9.59 Å². The Morgan fingerprint density at radius 2 is 1.95 bits per heavy atom. The summed E-state index contributed by atoms with van der Waals surface area (Å²) in [5.74, 6) is -0.598. The normalized spacial score (nSPS) is 9.95. The van der Waals surface area contributed by atoms with Crippen LogP contribution in [0.3, 0.4) is 0 Å². The molecule has 1 heterocycles. The van der Waals surface area contributed by atoms with Gasteiger partial charge in [0.15, 0.2) is 0 Å². The van der Waals surface area contributed by atoms with Gasteiger partial charge in [-0.05, 0) is 34.1 Å². The summed E-state index contributed by atoms with van der Waals surface area (Å²) in [5.41, 5.74) is 1.10. The average Bonchev–Trinajstić information content (AvgIpc) is 2.84. The van der Waals surface area contributed by atoms with Crippen molar-refractivity contribution in [2.75, 3.05) is 11.9 Å². The Balaban J connectivity index is 1.82. The Morgan fingerprint density at radius 1 is 1.21 bits per heavy atom. The average molecular weight is 322 g/mol. The second kappa shape index (κ2) is 6.19. The molecule has 19 heavy (non-hydrogen) atoms. The van der Waals surface area contributed by atoms with E-state index in [9.17, 15) is 9.59 Å². The van der Waals surface area contributed by atoms with Crippen molar-refractivity contribution in [3.05, 3.63) is 52.8 Å². The number of carbonyl (C=O) groups is 2. The second-order valence-electron chi connectivity index (χ2n) is 3.83. The Labute approximate surface area is 118 Å². The van der Waals surface area contributed by atoms with Crippen LogP contribution in [-0.4, -0.2) is 23.3 Å². The Hall–Kier alpha value is -2.08. The molecular formula is C13H12BrN3O2. The molecule has 0 unspecified atom stereocenters. The van der Waals surface area contributed by atoms with Crippen molar-refractivity contribution in [1.82, 2.24) is 10.3 Å². The van der Waals surface area contributed by atoms with Crippen LogP contribution in [0.4, 0.5) is 5.69 Å². The summed E-state index contributed by atoms with van der Waals surface area (Å²) in [6.07, 6.45) is 1.65. The van der Waals surface area contributed by atoms with E-state index in [-0.39, 0.29) is 18.4 Å². The molecule has 0 fully saturated rings. The highest BCUT2D eigenvalue weighted by atomic mass is 79.9. The molecule has 98 valence electrons. The number of rotatable bonds is 4. The van der Waals surface area contributed by atoms with Gasteiger partial charge < -0.3 is 15.6 Å². The molecule has 2 rings (SSSR count). The van der Waals surface area contributed by atoms with E-state index in [0.717, 1.165) is 4.47 Å². The zero-order valence-electron chi connectivity index (χ0n) is 9.94. The number of hydrogen-bond donors (Lipinski definition) is 3. The summed E-state index contributed by atoms with van der Waals surface area (Å²) in [6, 6.07) is 10.7. The Kier molecular flexibility index (Phi) is 4.35. The van der Waals surface area contributed by atoms with Crippen LogP contribution >= 0.6 is 15.9 Å². The van der Waals surface area contributed by atoms with Crippen LogP contribution in [0.15, 0.2) is 47.1 Å². The topological polar surface area (TPSA) is 74.0 Å². The lowest BCUT2D eigenvalue weighted by molar-refractivity contribution is -0.115. The van der Waals surface area contributed by atoms with Gasteiger partial charge in [0, 0.05) is 16.4 Å². The van der Waals surface area contributed by atoms with Crippen molar-refractivity contribution in [3.63, 3.8) is 0 Å². The van der Waals surface area contributed by atoms with Crippen molar-refractivity contribution in [3.8, 4) is 0 Å². The summed E-state index contributed by atoms with van der Waals surface area (Å²) in [5, 5.41) is 5.21. The van der Waals surface area contributed by atoms with Gasteiger partial charge in [-0.1, -0.05) is 18.2 Å². The maximum Gasteiger partial charge on any atom is 0.268 e. The number of aromatic nitrogens is 1. The van der Waals surface area contributed by atoms with Crippen molar-refractivity contribution in [1.29, 1.82) is 0 Å². The Bertz CT molecular complexity index is 581. The van der Waals surface area contributed by atoms with Crippen LogP contribution in [0, 0.1) is 0 Å². The van der Waals surface area contributed by atoms with Crippen molar-refractivity contribution >= 4 is 33.4 Å². The maximum atomic E-state index is 11.7. The lowest BCUT2D eigenvalue weighted by atomic mass is 10.3. The molecule has 0 bridgehead atoms. The first kappa shape index (κ1) is 13.4. The first-order valence-corrected chi connectivity index (χ1v) is 6.41. The van der Waals surface area contributed by atoms with Gasteiger partial charge >= 0.3 is 0 Å². The van der Waals surface area contributed by atoms with Gasteiger partial charge in [0.1, 0.15) is 5.69 Å². The number of carbonyl (C=O) groups excluding carboxylic acids is 2. The van der Waals surface area contributed by atoms with E-state index in [1.165, 1.54) is 0 Å². The van der Waals surface area contributed by atoms with E-state index in [0.29, 0.717) is 11.4 Å². The molecule has 0 saturated carbocycles. The highest BCUT2D eigenvalue weighted by Crippen LogP contribution is 2.10. The van der Waals surface area contributed by atoms with E-state index in [1.54, 1.807) is 24.4 Å². The highest BCUT2D eigenvalue weighted by Gasteiger charge is 2.09. The van der Waals surface area contributed by atoms with E-state index in [4.69, 9.17) is 0 Å². The van der Waals surface area contributed by atoms with Gasteiger partial charge in [0.05, 0.1) is 6.54 Å². The number of halogens is 1. The molecule has 2 amide bonds. The third kappa shape index (κ3) is 3.96. The number of benzene rings is 1. The zero-order chi connectivity index (χ0) is 13.7. The number of amides is 2. The summed E-state index contributed by atoms with van der Waals surface area (Å²) in [4.78, 5) is 26.1. The van der Waals surface area contributed by atoms with Crippen LogP contribution in [0.1, 0.15) is 10.5 Å². The molecule has 0 atom stereocenters. The largest absolute Gasteiger partial charge is 0.356 e. The summed E-state index contributed by atoms with van der Waals surface area (Å²) < 4.78 is 0.784. The number of para-hydroxylation sites is 1. The lowest BCUT2D eigenvalue weighted by Crippen LogP contribution is -2.33. The maximum absolute atomic E-state index is 11.7. The fourth-order valence-corrected chi connectivity index (χ4v) is 1.82. The minimum Gasteiger partial charge on any atom is -0.356 e. The first-order chi connectivity index (χ1) is 9.15. The van der Waals surface area contributed by atoms with Gasteiger partial charge in [-0.2, -0.15) is 0 Å². The summed E-state index contributed by atoms with van der Waals surface area (Å²) in [7, 11) is 0. The fraction of sp³-hybridized carbons (Fsp3) is 0.0769. The number of H-pyrrole nitrogens is 1. The molecule has 0 aliphatic carbocycles. The SMILES string of the molecule is O=C(CNC(=O)c1cc(Br)c[nH]1)Nc1ccccc1. The zero-order valence-corrected chi connectivity index (χ0v) is 11.5. The van der Waals surface area contributed by atoms with Gasteiger partial charge in [-0.15, -0.1) is 0 Å². The first-order valence-electron chi connectivity index (χ1n) is 5.62. The molecule has 3 N–H and O–H groups in total. The van der Waals surface area contributed by atoms with Crippen molar-refractivity contribution in [2.45, 2.75) is 0 Å². The van der Waals surface area contributed by atoms with Crippen LogP contribution < -0.4 is 10.6 Å². The molecule has 0 aliphatic rings. The predicted octanol–water partition coefficient (Wildman–Crippen LogP) is 2.15. The lowest BCUT2D eigenvalue weighted by Gasteiger charge is -2.05. The van der Waals surface area contributed by atoms with E-state index in [2.05, 4.69) is 31.5 Å². The standard InChI is InChI=1S/C13H12BrN3O2/c14-9-6-11(15-7-9)13(19)16-8-12(18)17-10-4-2-1-3-5-10/h1-7,15H,8H2,(H,16,19)(H,17,18). The quantitative estimate of drug-likeness (QED) is 0.807. The molecule has 5 nitrogen and oxygen atoms in total. The molecule has 6 heteroatoms. The Morgan fingerprint density at radius 3 is 2.58 bits per heavy atom. The van der Waals surface area contributed by atoms with Crippen LogP contribution in [0.25, 0.3) is 0 Å². The second-order valence-corrected chi connectivity index (χ2v) is 4.74. The van der Waals surface area contributed by atoms with Crippen LogP contribution in [0.2, 0.25) is 0 Å². The van der Waals surface area contributed by atoms with Crippen LogP contribution in [0.5, 0.6) is 0 Å². The number of aromatic amines is 1. The van der Waals surface area contributed by atoms with E-state index in [1.807, 2.05) is 18.2 Å². The third-order valence-electron chi connectivity index (χ3n) is 2.36. The fourth-order valence-electron chi connectivity index (χ4n) is 1.48. The summed E-state index contributed by atoms with van der Waals surface area (Å²) in [6.45, 7) is -0.0790.